The molecule has 0 aliphatic heterocycles. The first kappa shape index (κ1) is 77.3. The Kier molecular flexibility index (Phi) is 64.8. The van der Waals surface area contributed by atoms with Crippen LogP contribution in [0.2, 0.25) is 0 Å². The summed E-state index contributed by atoms with van der Waals surface area (Å²) in [5.74, 6) is -0.928. The molecular weight excluding hydrogens is 1010 g/mol. The average Bonchev–Trinajstić information content (AvgIpc) is 3.47. The van der Waals surface area contributed by atoms with Gasteiger partial charge in [-0.05, 0) is 141 Å². The van der Waals surface area contributed by atoms with E-state index >= 15 is 0 Å². The predicted octanol–water partition coefficient (Wildman–Crippen LogP) is 23.5. The number of unbranched alkanes of at least 4 members (excludes halogenated alkanes) is 25. The Hall–Kier alpha value is -4.71. The third-order valence-corrected chi connectivity index (χ3v) is 14.1. The number of esters is 3. The Morgan fingerprint density at radius 3 is 0.744 bits per heavy atom. The van der Waals surface area contributed by atoms with Crippen molar-refractivity contribution in [2.75, 3.05) is 13.2 Å². The van der Waals surface area contributed by atoms with Gasteiger partial charge in [-0.1, -0.05) is 282 Å². The third-order valence-electron chi connectivity index (χ3n) is 14.1. The molecular formula is C76H124O6. The van der Waals surface area contributed by atoms with Crippen LogP contribution in [0.5, 0.6) is 0 Å². The van der Waals surface area contributed by atoms with E-state index in [0.717, 1.165) is 167 Å². The zero-order valence-corrected chi connectivity index (χ0v) is 53.2. The summed E-state index contributed by atoms with van der Waals surface area (Å²) in [5, 5.41) is 0. The molecule has 464 valence electrons. The number of hydrogen-bond acceptors (Lipinski definition) is 6. The van der Waals surface area contributed by atoms with Gasteiger partial charge in [0.05, 0.1) is 0 Å². The van der Waals surface area contributed by atoms with E-state index in [-0.39, 0.29) is 31.1 Å². The van der Waals surface area contributed by atoms with E-state index in [9.17, 15) is 14.4 Å². The van der Waals surface area contributed by atoms with Gasteiger partial charge >= 0.3 is 17.9 Å². The highest BCUT2D eigenvalue weighted by molar-refractivity contribution is 5.71. The van der Waals surface area contributed by atoms with E-state index in [2.05, 4.69) is 167 Å². The zero-order chi connectivity index (χ0) is 59.2. The second-order valence-corrected chi connectivity index (χ2v) is 22.0. The molecule has 0 spiro atoms. The van der Waals surface area contributed by atoms with Crippen LogP contribution in [0.25, 0.3) is 0 Å². The molecule has 0 rings (SSSR count). The maximum absolute atomic E-state index is 12.9. The van der Waals surface area contributed by atoms with Gasteiger partial charge in [0.15, 0.2) is 6.10 Å². The Labute approximate surface area is 506 Å². The van der Waals surface area contributed by atoms with E-state index < -0.39 is 6.10 Å². The van der Waals surface area contributed by atoms with Crippen LogP contribution in [0.3, 0.4) is 0 Å². The van der Waals surface area contributed by atoms with Gasteiger partial charge in [-0.15, -0.1) is 0 Å². The molecule has 6 nitrogen and oxygen atoms in total. The fourth-order valence-electron chi connectivity index (χ4n) is 9.06. The summed E-state index contributed by atoms with van der Waals surface area (Å²) in [4.78, 5) is 38.4. The number of carbonyl (C=O) groups excluding carboxylic acids is 3. The molecule has 0 aromatic carbocycles. The molecule has 0 aromatic rings. The Bertz CT molecular complexity index is 1780. The molecule has 0 aliphatic rings. The minimum atomic E-state index is -0.804. The van der Waals surface area contributed by atoms with Gasteiger partial charge in [0.25, 0.3) is 0 Å². The van der Waals surface area contributed by atoms with E-state index in [1.807, 2.05) is 0 Å². The van der Waals surface area contributed by atoms with Gasteiger partial charge in [0.1, 0.15) is 13.2 Å². The van der Waals surface area contributed by atoms with Crippen LogP contribution in [0.15, 0.2) is 146 Å². The molecule has 1 atom stereocenters. The van der Waals surface area contributed by atoms with Crippen LogP contribution in [0, 0.1) is 0 Å². The quantitative estimate of drug-likeness (QED) is 0.0261. The van der Waals surface area contributed by atoms with Gasteiger partial charge in [-0.25, -0.2) is 0 Å². The summed E-state index contributed by atoms with van der Waals surface area (Å²) >= 11 is 0. The summed E-state index contributed by atoms with van der Waals surface area (Å²) in [5.41, 5.74) is 0. The van der Waals surface area contributed by atoms with Crippen molar-refractivity contribution in [1.29, 1.82) is 0 Å². The summed E-state index contributed by atoms with van der Waals surface area (Å²) in [6, 6.07) is 0. The molecule has 0 aromatic heterocycles. The van der Waals surface area contributed by atoms with Gasteiger partial charge in [-0.3, -0.25) is 14.4 Å². The van der Waals surface area contributed by atoms with Crippen LogP contribution in [-0.4, -0.2) is 37.2 Å². The van der Waals surface area contributed by atoms with Gasteiger partial charge < -0.3 is 14.2 Å². The summed E-state index contributed by atoms with van der Waals surface area (Å²) in [6.07, 6.45) is 98.5. The molecule has 0 bridgehead atoms. The molecule has 0 aliphatic carbocycles. The number of allylic oxidation sites excluding steroid dienone is 24. The molecule has 0 saturated carbocycles. The van der Waals surface area contributed by atoms with Crippen LogP contribution in [-0.2, 0) is 28.6 Å². The minimum absolute atomic E-state index is 0.0964. The minimum Gasteiger partial charge on any atom is -0.462 e. The second-order valence-electron chi connectivity index (χ2n) is 22.0. The lowest BCUT2D eigenvalue weighted by molar-refractivity contribution is -0.167. The molecule has 0 fully saturated rings. The standard InChI is InChI=1S/C76H124O6/c1-4-7-10-13-16-19-22-25-28-31-33-35-36-37-38-39-40-42-43-45-48-51-54-57-60-63-66-69-75(78)81-72-73(71-80-74(77)68-65-62-59-56-53-50-47-30-27-24-21-18-15-12-9-6-3)82-76(79)70-67-64-61-58-55-52-49-46-44-41-34-32-29-26-23-20-17-14-11-8-5-2/h7-8,10-11,16-17,19-21,24-26,28-30,33-35,37-38,41,46-47,49,73H,4-6,9,12-15,18,22-23,27,31-32,36,39-40,42-45,48,50-72H2,1-3H3/b10-7-,11-8-,19-16-,20-17-,24-21-,28-25-,29-26-,35-33-,38-37-,41-34-,47-30-,49-46-. The van der Waals surface area contributed by atoms with E-state index in [1.165, 1.54) is 89.9 Å². The lowest BCUT2D eigenvalue weighted by Crippen LogP contribution is -2.30. The number of ether oxygens (including phenoxy) is 3. The highest BCUT2D eigenvalue weighted by atomic mass is 16.6. The van der Waals surface area contributed by atoms with Crippen LogP contribution < -0.4 is 0 Å². The van der Waals surface area contributed by atoms with Gasteiger partial charge in [0, 0.05) is 19.3 Å². The topological polar surface area (TPSA) is 78.9 Å². The first-order valence-electron chi connectivity index (χ1n) is 33.8. The zero-order valence-electron chi connectivity index (χ0n) is 53.2. The predicted molar refractivity (Wildman–Crippen MR) is 357 cm³/mol. The van der Waals surface area contributed by atoms with Gasteiger partial charge in [0.2, 0.25) is 0 Å². The van der Waals surface area contributed by atoms with E-state index in [4.69, 9.17) is 14.2 Å². The lowest BCUT2D eigenvalue weighted by Gasteiger charge is -2.18. The van der Waals surface area contributed by atoms with Crippen LogP contribution in [0.4, 0.5) is 0 Å². The van der Waals surface area contributed by atoms with Crippen molar-refractivity contribution >= 4 is 17.9 Å². The highest BCUT2D eigenvalue weighted by Gasteiger charge is 2.19. The largest absolute Gasteiger partial charge is 0.462 e. The summed E-state index contributed by atoms with van der Waals surface area (Å²) < 4.78 is 16.9. The van der Waals surface area contributed by atoms with E-state index in [1.54, 1.807) is 0 Å². The molecule has 0 amide bonds. The Morgan fingerprint density at radius 1 is 0.256 bits per heavy atom. The normalized spacial score (nSPS) is 13.1. The second kappa shape index (κ2) is 68.8. The first-order chi connectivity index (χ1) is 40.5. The maximum atomic E-state index is 12.9. The highest BCUT2D eigenvalue weighted by Crippen LogP contribution is 2.15. The Balaban J connectivity index is 4.42. The molecule has 1 unspecified atom stereocenters. The fourth-order valence-corrected chi connectivity index (χ4v) is 9.06. The Morgan fingerprint density at radius 2 is 0.476 bits per heavy atom. The molecule has 6 heteroatoms. The van der Waals surface area contributed by atoms with Gasteiger partial charge in [-0.2, -0.15) is 0 Å². The number of rotatable bonds is 60. The van der Waals surface area contributed by atoms with Crippen molar-refractivity contribution in [3.63, 3.8) is 0 Å². The van der Waals surface area contributed by atoms with Crippen molar-refractivity contribution in [3.8, 4) is 0 Å². The van der Waals surface area contributed by atoms with Crippen LogP contribution >= 0.6 is 0 Å². The summed E-state index contributed by atoms with van der Waals surface area (Å²) in [6.45, 7) is 6.38. The molecule has 0 radical (unpaired) electrons. The SMILES string of the molecule is CC/C=C\C/C=C\C/C=C\C/C=C\C/C=C\CCCCCCCCCCCCCC(=O)OCC(COC(=O)CCCCCCC/C=C\C/C=C\CCCCCC)OC(=O)CCCCCCC/C=C\C/C=C\C/C=C\C/C=C\C/C=C\CC. The van der Waals surface area contributed by atoms with Crippen molar-refractivity contribution in [1.82, 2.24) is 0 Å². The molecule has 0 heterocycles. The van der Waals surface area contributed by atoms with E-state index in [0.29, 0.717) is 19.3 Å². The molecule has 0 saturated heterocycles. The van der Waals surface area contributed by atoms with Crippen molar-refractivity contribution in [2.45, 2.75) is 303 Å². The first-order valence-corrected chi connectivity index (χ1v) is 33.8. The third kappa shape index (κ3) is 66.1. The lowest BCUT2D eigenvalue weighted by atomic mass is 10.0. The average molecular weight is 1130 g/mol. The van der Waals surface area contributed by atoms with Crippen molar-refractivity contribution in [3.05, 3.63) is 146 Å². The monoisotopic (exact) mass is 1130 g/mol. The summed E-state index contributed by atoms with van der Waals surface area (Å²) in [7, 11) is 0. The van der Waals surface area contributed by atoms with Crippen LogP contribution in [0.1, 0.15) is 297 Å². The number of hydrogen-bond donors (Lipinski definition) is 0. The number of carbonyl (C=O) groups is 3. The van der Waals surface area contributed by atoms with Crippen molar-refractivity contribution in [2.24, 2.45) is 0 Å². The maximum Gasteiger partial charge on any atom is 0.306 e. The molecule has 82 heavy (non-hydrogen) atoms. The fraction of sp³-hybridized carbons (Fsp3) is 0.645. The van der Waals surface area contributed by atoms with Crippen molar-refractivity contribution < 1.29 is 28.6 Å². The molecule has 0 N–H and O–H groups in total. The smallest absolute Gasteiger partial charge is 0.306 e.